The van der Waals surface area contributed by atoms with E-state index in [4.69, 9.17) is 5.73 Å². The summed E-state index contributed by atoms with van der Waals surface area (Å²) in [5.74, 6) is 0. The Morgan fingerprint density at radius 1 is 1.33 bits per heavy atom. The maximum Gasteiger partial charge on any atom is 0.0703 e. The van der Waals surface area contributed by atoms with E-state index in [1.54, 1.807) is 0 Å². The van der Waals surface area contributed by atoms with Crippen LogP contribution in [0.2, 0.25) is 0 Å². The van der Waals surface area contributed by atoms with E-state index in [0.717, 1.165) is 25.9 Å². The number of aliphatic hydroxyl groups is 1. The first-order valence-corrected chi connectivity index (χ1v) is 3.45. The summed E-state index contributed by atoms with van der Waals surface area (Å²) in [7, 11) is 0. The maximum atomic E-state index is 9.19. The third-order valence-corrected chi connectivity index (χ3v) is 1.77. The minimum atomic E-state index is -0.292. The Morgan fingerprint density at radius 2 is 2.00 bits per heavy atom. The fourth-order valence-electron chi connectivity index (χ4n) is 1.05. The fourth-order valence-corrected chi connectivity index (χ4v) is 1.05. The number of hydrogen-bond acceptors (Lipinski definition) is 3. The first-order valence-electron chi connectivity index (χ1n) is 3.45. The van der Waals surface area contributed by atoms with Crippen molar-refractivity contribution in [2.45, 2.75) is 25.0 Å². The lowest BCUT2D eigenvalue weighted by molar-refractivity contribution is 0.141. The molecule has 0 aromatic heterocycles. The second-order valence-corrected chi connectivity index (χ2v) is 2.56. The number of hydrogen-bond donors (Lipinski definition) is 3. The van der Waals surface area contributed by atoms with Gasteiger partial charge in [0, 0.05) is 6.04 Å². The van der Waals surface area contributed by atoms with Gasteiger partial charge in [0.05, 0.1) is 6.10 Å². The molecular weight excluding hydrogens is 116 g/mol. The molecule has 0 spiro atoms. The quantitative estimate of drug-likeness (QED) is 0.396. The van der Waals surface area contributed by atoms with Crippen LogP contribution in [0.25, 0.3) is 0 Å². The Balaban J connectivity index is 2.32. The number of nitrogens with one attached hydrogen (secondary N) is 1. The molecule has 0 aliphatic carbocycles. The highest BCUT2D eigenvalue weighted by atomic mass is 16.3. The zero-order valence-corrected chi connectivity index (χ0v) is 5.51. The van der Waals surface area contributed by atoms with Crippen LogP contribution in [0.3, 0.4) is 0 Å². The van der Waals surface area contributed by atoms with Gasteiger partial charge in [-0.2, -0.15) is 0 Å². The first kappa shape index (κ1) is 6.99. The molecule has 0 amide bonds. The minimum Gasteiger partial charge on any atom is -0.391 e. The van der Waals surface area contributed by atoms with Crippen molar-refractivity contribution >= 4 is 0 Å². The molecule has 9 heavy (non-hydrogen) atoms. The SMILES string of the molecule is N[C@@H]1CCNCC[C@H]1O. The normalized spacial score (nSPS) is 38.0. The summed E-state index contributed by atoms with van der Waals surface area (Å²) in [4.78, 5) is 0. The second kappa shape index (κ2) is 3.15. The van der Waals surface area contributed by atoms with Crippen molar-refractivity contribution in [2.75, 3.05) is 13.1 Å². The molecule has 0 aromatic carbocycles. The lowest BCUT2D eigenvalue weighted by atomic mass is 10.1. The molecule has 2 atom stereocenters. The van der Waals surface area contributed by atoms with Crippen LogP contribution >= 0.6 is 0 Å². The van der Waals surface area contributed by atoms with E-state index >= 15 is 0 Å². The Labute approximate surface area is 55.2 Å². The number of rotatable bonds is 0. The molecule has 54 valence electrons. The Kier molecular flexibility index (Phi) is 2.45. The summed E-state index contributed by atoms with van der Waals surface area (Å²) in [6.45, 7) is 1.84. The molecule has 1 aliphatic rings. The predicted molar refractivity (Wildman–Crippen MR) is 36.1 cm³/mol. The van der Waals surface area contributed by atoms with Gasteiger partial charge >= 0.3 is 0 Å². The monoisotopic (exact) mass is 130 g/mol. The molecule has 0 aromatic rings. The van der Waals surface area contributed by atoms with E-state index < -0.39 is 0 Å². The average molecular weight is 130 g/mol. The van der Waals surface area contributed by atoms with E-state index in [-0.39, 0.29) is 12.1 Å². The summed E-state index contributed by atoms with van der Waals surface area (Å²) in [6.07, 6.45) is 1.39. The molecule has 1 aliphatic heterocycles. The van der Waals surface area contributed by atoms with Crippen molar-refractivity contribution in [2.24, 2.45) is 5.73 Å². The largest absolute Gasteiger partial charge is 0.391 e. The molecule has 1 saturated heterocycles. The molecule has 0 radical (unpaired) electrons. The van der Waals surface area contributed by atoms with Gasteiger partial charge in [0.2, 0.25) is 0 Å². The van der Waals surface area contributed by atoms with Crippen LogP contribution in [0.15, 0.2) is 0 Å². The summed E-state index contributed by atoms with van der Waals surface area (Å²) in [5.41, 5.74) is 5.59. The van der Waals surface area contributed by atoms with E-state index in [1.807, 2.05) is 0 Å². The summed E-state index contributed by atoms with van der Waals surface area (Å²) < 4.78 is 0. The zero-order chi connectivity index (χ0) is 6.69. The van der Waals surface area contributed by atoms with E-state index in [0.29, 0.717) is 0 Å². The van der Waals surface area contributed by atoms with Gasteiger partial charge in [0.15, 0.2) is 0 Å². The van der Waals surface area contributed by atoms with E-state index in [1.165, 1.54) is 0 Å². The third-order valence-electron chi connectivity index (χ3n) is 1.77. The molecule has 3 nitrogen and oxygen atoms in total. The van der Waals surface area contributed by atoms with Crippen molar-refractivity contribution in [3.8, 4) is 0 Å². The van der Waals surface area contributed by atoms with Crippen LogP contribution < -0.4 is 11.1 Å². The molecule has 1 rings (SSSR count). The van der Waals surface area contributed by atoms with Crippen LogP contribution in [0.5, 0.6) is 0 Å². The van der Waals surface area contributed by atoms with Crippen molar-refractivity contribution in [3.63, 3.8) is 0 Å². The van der Waals surface area contributed by atoms with Crippen molar-refractivity contribution in [1.82, 2.24) is 5.32 Å². The predicted octanol–water partition coefficient (Wildman–Crippen LogP) is -0.942. The Hall–Kier alpha value is -0.120. The maximum absolute atomic E-state index is 9.19. The average Bonchev–Trinajstić information content (AvgIpc) is 1.99. The van der Waals surface area contributed by atoms with Crippen molar-refractivity contribution < 1.29 is 5.11 Å². The van der Waals surface area contributed by atoms with Gasteiger partial charge in [-0.05, 0) is 25.9 Å². The molecule has 0 unspecified atom stereocenters. The summed E-state index contributed by atoms with van der Waals surface area (Å²) in [6, 6.07) is -0.0139. The minimum absolute atomic E-state index is 0.0139. The lowest BCUT2D eigenvalue weighted by Gasteiger charge is -2.12. The van der Waals surface area contributed by atoms with Crippen LogP contribution in [-0.4, -0.2) is 30.3 Å². The zero-order valence-electron chi connectivity index (χ0n) is 5.51. The molecule has 1 fully saturated rings. The highest BCUT2D eigenvalue weighted by molar-refractivity contribution is 4.76. The molecule has 0 saturated carbocycles. The molecule has 0 bridgehead atoms. The first-order chi connectivity index (χ1) is 4.30. The van der Waals surface area contributed by atoms with Crippen LogP contribution in [0.1, 0.15) is 12.8 Å². The van der Waals surface area contributed by atoms with Crippen LogP contribution in [0.4, 0.5) is 0 Å². The molecule has 3 heteroatoms. The van der Waals surface area contributed by atoms with Crippen LogP contribution in [0, 0.1) is 0 Å². The van der Waals surface area contributed by atoms with Gasteiger partial charge in [-0.25, -0.2) is 0 Å². The second-order valence-electron chi connectivity index (χ2n) is 2.56. The number of nitrogens with two attached hydrogens (primary N) is 1. The molecular formula is C6H14N2O. The molecule has 4 N–H and O–H groups in total. The Bertz CT molecular complexity index is 77.1. The summed E-state index contributed by atoms with van der Waals surface area (Å²) in [5, 5.41) is 12.4. The third kappa shape index (κ3) is 1.93. The van der Waals surface area contributed by atoms with Crippen LogP contribution in [-0.2, 0) is 0 Å². The lowest BCUT2D eigenvalue weighted by Crippen LogP contribution is -2.34. The fraction of sp³-hybridized carbons (Fsp3) is 1.00. The topological polar surface area (TPSA) is 58.3 Å². The van der Waals surface area contributed by atoms with E-state index in [2.05, 4.69) is 5.32 Å². The highest BCUT2D eigenvalue weighted by Gasteiger charge is 2.16. The van der Waals surface area contributed by atoms with Crippen molar-refractivity contribution in [3.05, 3.63) is 0 Å². The van der Waals surface area contributed by atoms with Gasteiger partial charge in [0.25, 0.3) is 0 Å². The van der Waals surface area contributed by atoms with Gasteiger partial charge in [-0.3, -0.25) is 0 Å². The van der Waals surface area contributed by atoms with Gasteiger partial charge < -0.3 is 16.2 Å². The molecule has 1 heterocycles. The van der Waals surface area contributed by atoms with Gasteiger partial charge in [-0.15, -0.1) is 0 Å². The number of aliphatic hydroxyl groups excluding tert-OH is 1. The smallest absolute Gasteiger partial charge is 0.0703 e. The highest BCUT2D eigenvalue weighted by Crippen LogP contribution is 2.02. The summed E-state index contributed by atoms with van der Waals surface area (Å²) >= 11 is 0. The van der Waals surface area contributed by atoms with Crippen molar-refractivity contribution in [1.29, 1.82) is 0 Å². The van der Waals surface area contributed by atoms with Gasteiger partial charge in [0.1, 0.15) is 0 Å². The standard InChI is InChI=1S/C6H14N2O/c7-5-1-3-8-4-2-6(5)9/h5-6,8-9H,1-4,7H2/t5-,6-/m1/s1. The van der Waals surface area contributed by atoms with E-state index in [9.17, 15) is 5.11 Å². The Morgan fingerprint density at radius 3 is 2.78 bits per heavy atom. The van der Waals surface area contributed by atoms with Gasteiger partial charge in [-0.1, -0.05) is 0 Å².